The molecular formula is C18H18N2O3. The summed E-state index contributed by atoms with van der Waals surface area (Å²) < 4.78 is 11.1. The Labute approximate surface area is 133 Å². The molecule has 3 aromatic rings. The van der Waals surface area contributed by atoms with Gasteiger partial charge < -0.3 is 8.94 Å². The third kappa shape index (κ3) is 2.32. The second kappa shape index (κ2) is 5.26. The van der Waals surface area contributed by atoms with Crippen molar-refractivity contribution < 1.29 is 13.7 Å². The zero-order chi connectivity index (χ0) is 16.0. The van der Waals surface area contributed by atoms with Crippen LogP contribution in [0.3, 0.4) is 0 Å². The Hall–Kier alpha value is -2.56. The highest BCUT2D eigenvalue weighted by Gasteiger charge is 2.24. The van der Waals surface area contributed by atoms with E-state index in [2.05, 4.69) is 10.5 Å². The van der Waals surface area contributed by atoms with E-state index in [4.69, 9.17) is 8.94 Å². The average molecular weight is 310 g/mol. The molecule has 0 saturated carbocycles. The minimum absolute atomic E-state index is 0.291. The van der Waals surface area contributed by atoms with Gasteiger partial charge >= 0.3 is 0 Å². The number of hydrogen-bond donors (Lipinski definition) is 1. The van der Waals surface area contributed by atoms with E-state index < -0.39 is 0 Å². The number of aryl methyl sites for hydroxylation is 3. The smallest absolute Gasteiger partial charge is 0.294 e. The second-order valence-electron chi connectivity index (χ2n) is 6.15. The van der Waals surface area contributed by atoms with Crippen LogP contribution in [0.1, 0.15) is 45.8 Å². The van der Waals surface area contributed by atoms with Crippen LogP contribution in [0.15, 0.2) is 27.1 Å². The van der Waals surface area contributed by atoms with E-state index in [1.807, 2.05) is 32.0 Å². The van der Waals surface area contributed by atoms with Gasteiger partial charge in [0.15, 0.2) is 5.76 Å². The monoisotopic (exact) mass is 310 g/mol. The molecule has 2 heterocycles. The van der Waals surface area contributed by atoms with E-state index in [0.29, 0.717) is 11.6 Å². The van der Waals surface area contributed by atoms with E-state index in [0.717, 1.165) is 59.0 Å². The third-order valence-electron chi connectivity index (χ3n) is 4.48. The summed E-state index contributed by atoms with van der Waals surface area (Å²) in [4.78, 5) is 12.6. The van der Waals surface area contributed by atoms with E-state index in [-0.39, 0.29) is 5.91 Å². The summed E-state index contributed by atoms with van der Waals surface area (Å²) in [6, 6.07) is 5.89. The van der Waals surface area contributed by atoms with Gasteiger partial charge in [0.2, 0.25) is 5.88 Å². The third-order valence-corrected chi connectivity index (χ3v) is 4.48. The number of rotatable bonds is 2. The molecule has 1 amide bonds. The number of hydrogen-bond acceptors (Lipinski definition) is 4. The molecule has 0 radical (unpaired) electrons. The summed E-state index contributed by atoms with van der Waals surface area (Å²) in [6.45, 7) is 3.92. The van der Waals surface area contributed by atoms with Crippen LogP contribution in [0.25, 0.3) is 11.0 Å². The maximum atomic E-state index is 12.6. The number of nitrogens with one attached hydrogen (secondary N) is 1. The fourth-order valence-electron chi connectivity index (χ4n) is 3.20. The Balaban J connectivity index is 1.67. The summed E-state index contributed by atoms with van der Waals surface area (Å²) in [6.07, 6.45) is 4.03. The Morgan fingerprint density at radius 2 is 2.04 bits per heavy atom. The Morgan fingerprint density at radius 1 is 1.22 bits per heavy atom. The van der Waals surface area contributed by atoms with Crippen molar-refractivity contribution in [2.45, 2.75) is 39.5 Å². The molecule has 0 bridgehead atoms. The molecule has 5 nitrogen and oxygen atoms in total. The molecule has 0 fully saturated rings. The molecule has 0 aliphatic heterocycles. The van der Waals surface area contributed by atoms with E-state index in [1.54, 1.807) is 0 Å². The zero-order valence-electron chi connectivity index (χ0n) is 13.2. The molecule has 5 heteroatoms. The number of amides is 1. The first-order valence-electron chi connectivity index (χ1n) is 7.92. The zero-order valence-corrected chi connectivity index (χ0v) is 13.2. The number of nitrogens with zero attached hydrogens (tertiary/aromatic N) is 1. The highest BCUT2D eigenvalue weighted by molar-refractivity contribution is 6.06. The Kier molecular flexibility index (Phi) is 3.22. The summed E-state index contributed by atoms with van der Waals surface area (Å²) in [5, 5.41) is 7.85. The molecule has 1 N–H and O–H groups in total. The fourth-order valence-corrected chi connectivity index (χ4v) is 3.20. The van der Waals surface area contributed by atoms with Gasteiger partial charge in [0, 0.05) is 16.5 Å². The summed E-state index contributed by atoms with van der Waals surface area (Å²) in [7, 11) is 0. The Bertz CT molecular complexity index is 905. The molecule has 0 spiro atoms. The Morgan fingerprint density at radius 3 is 2.91 bits per heavy atom. The topological polar surface area (TPSA) is 68.3 Å². The van der Waals surface area contributed by atoms with Crippen molar-refractivity contribution in [1.82, 2.24) is 5.16 Å². The molecule has 1 aliphatic carbocycles. The van der Waals surface area contributed by atoms with Crippen molar-refractivity contribution in [2.24, 2.45) is 0 Å². The molecule has 0 saturated heterocycles. The van der Waals surface area contributed by atoms with Gasteiger partial charge in [0.1, 0.15) is 5.58 Å². The van der Waals surface area contributed by atoms with Crippen molar-refractivity contribution in [2.75, 3.05) is 5.32 Å². The molecule has 23 heavy (non-hydrogen) atoms. The van der Waals surface area contributed by atoms with E-state index in [1.165, 1.54) is 0 Å². The van der Waals surface area contributed by atoms with Crippen molar-refractivity contribution in [3.8, 4) is 0 Å². The molecular weight excluding hydrogens is 292 g/mol. The SMILES string of the molecule is Cc1ccc2oc(C(=O)Nc3onc4c3CCCC4)c(C)c2c1. The maximum absolute atomic E-state index is 12.6. The summed E-state index contributed by atoms with van der Waals surface area (Å²) >= 11 is 0. The standard InChI is InChI=1S/C18H18N2O3/c1-10-7-8-15-13(9-10)11(2)16(22-15)17(21)19-18-12-5-3-4-6-14(12)20-23-18/h7-9H,3-6H2,1-2H3,(H,19,21). The lowest BCUT2D eigenvalue weighted by molar-refractivity contribution is 0.0994. The van der Waals surface area contributed by atoms with Gasteiger partial charge in [-0.15, -0.1) is 0 Å². The normalized spacial score (nSPS) is 14.0. The first-order valence-corrected chi connectivity index (χ1v) is 7.92. The lowest BCUT2D eigenvalue weighted by Crippen LogP contribution is -2.13. The highest BCUT2D eigenvalue weighted by Crippen LogP contribution is 2.30. The first-order chi connectivity index (χ1) is 11.1. The number of furan rings is 1. The van der Waals surface area contributed by atoms with E-state index >= 15 is 0 Å². The summed E-state index contributed by atoms with van der Waals surface area (Å²) in [5.74, 6) is 0.494. The minimum Gasteiger partial charge on any atom is -0.451 e. The predicted octanol–water partition coefficient (Wildman–Crippen LogP) is 4.17. The second-order valence-corrected chi connectivity index (χ2v) is 6.15. The highest BCUT2D eigenvalue weighted by atomic mass is 16.5. The number of carbonyl (C=O) groups is 1. The molecule has 118 valence electrons. The fraction of sp³-hybridized carbons (Fsp3) is 0.333. The van der Waals surface area contributed by atoms with Crippen LogP contribution in [0.4, 0.5) is 5.88 Å². The van der Waals surface area contributed by atoms with Crippen LogP contribution in [-0.2, 0) is 12.8 Å². The van der Waals surface area contributed by atoms with Gasteiger partial charge in [-0.3, -0.25) is 10.1 Å². The summed E-state index contributed by atoms with van der Waals surface area (Å²) in [5.41, 5.74) is 4.68. The maximum Gasteiger partial charge on any atom is 0.294 e. The van der Waals surface area contributed by atoms with Gasteiger partial charge in [-0.1, -0.05) is 16.8 Å². The minimum atomic E-state index is -0.291. The van der Waals surface area contributed by atoms with Gasteiger partial charge in [0.05, 0.1) is 5.69 Å². The first kappa shape index (κ1) is 14.1. The molecule has 0 atom stereocenters. The van der Waals surface area contributed by atoms with Crippen molar-refractivity contribution in [1.29, 1.82) is 0 Å². The van der Waals surface area contributed by atoms with Crippen LogP contribution in [0, 0.1) is 13.8 Å². The average Bonchev–Trinajstić information content (AvgIpc) is 3.10. The lowest BCUT2D eigenvalue weighted by atomic mass is 9.98. The quantitative estimate of drug-likeness (QED) is 0.771. The largest absolute Gasteiger partial charge is 0.451 e. The molecule has 2 aromatic heterocycles. The number of fused-ring (bicyclic) bond motifs is 2. The van der Waals surface area contributed by atoms with Gasteiger partial charge in [0.25, 0.3) is 5.91 Å². The van der Waals surface area contributed by atoms with Crippen LogP contribution >= 0.6 is 0 Å². The van der Waals surface area contributed by atoms with Gasteiger partial charge in [-0.2, -0.15) is 0 Å². The molecule has 0 unspecified atom stereocenters. The number of aromatic nitrogens is 1. The van der Waals surface area contributed by atoms with Gasteiger partial charge in [-0.25, -0.2) is 0 Å². The van der Waals surface area contributed by atoms with E-state index in [9.17, 15) is 4.79 Å². The molecule has 1 aliphatic rings. The predicted molar refractivity (Wildman–Crippen MR) is 86.8 cm³/mol. The van der Waals surface area contributed by atoms with Crippen LogP contribution in [0.2, 0.25) is 0 Å². The molecule has 4 rings (SSSR count). The van der Waals surface area contributed by atoms with Crippen LogP contribution in [0.5, 0.6) is 0 Å². The van der Waals surface area contributed by atoms with Crippen LogP contribution < -0.4 is 5.32 Å². The lowest BCUT2D eigenvalue weighted by Gasteiger charge is -2.09. The van der Waals surface area contributed by atoms with Crippen molar-refractivity contribution in [3.63, 3.8) is 0 Å². The number of benzene rings is 1. The van der Waals surface area contributed by atoms with Crippen molar-refractivity contribution in [3.05, 3.63) is 46.3 Å². The van der Waals surface area contributed by atoms with Crippen LogP contribution in [-0.4, -0.2) is 11.1 Å². The molecule has 1 aromatic carbocycles. The number of anilines is 1. The van der Waals surface area contributed by atoms with Gasteiger partial charge in [-0.05, 0) is 51.7 Å². The number of carbonyl (C=O) groups excluding carboxylic acids is 1. The van der Waals surface area contributed by atoms with Crippen molar-refractivity contribution >= 4 is 22.8 Å².